The number of rotatable bonds is 7. The second-order valence-electron chi connectivity index (χ2n) is 3.85. The second kappa shape index (κ2) is 7.27. The van der Waals surface area contributed by atoms with E-state index in [0.717, 1.165) is 12.2 Å². The van der Waals surface area contributed by atoms with Crippen LogP contribution >= 0.6 is 0 Å². The first-order valence-electron chi connectivity index (χ1n) is 5.85. The third-order valence-electron chi connectivity index (χ3n) is 2.57. The summed E-state index contributed by atoms with van der Waals surface area (Å²) in [7, 11) is 1.67. The summed E-state index contributed by atoms with van der Waals surface area (Å²) in [4.78, 5) is 4.34. The highest BCUT2D eigenvalue weighted by Gasteiger charge is 1.96. The lowest BCUT2D eigenvalue weighted by Crippen LogP contribution is -1.91. The van der Waals surface area contributed by atoms with Crippen LogP contribution in [0.15, 0.2) is 18.3 Å². The molecule has 0 amide bonds. The summed E-state index contributed by atoms with van der Waals surface area (Å²) in [5.41, 5.74) is 1.17. The average Bonchev–Trinajstić information content (AvgIpc) is 2.30. The maximum Gasteiger partial charge on any atom is 0.137 e. The molecular formula is C13H21NO. The topological polar surface area (TPSA) is 22.1 Å². The maximum absolute atomic E-state index is 5.06. The first-order valence-corrected chi connectivity index (χ1v) is 5.85. The molecule has 2 heteroatoms. The third kappa shape index (κ3) is 4.82. The monoisotopic (exact) mass is 207 g/mol. The Kier molecular flexibility index (Phi) is 5.83. The number of aromatic nitrogens is 1. The Bertz CT molecular complexity index is 256. The summed E-state index contributed by atoms with van der Waals surface area (Å²) < 4.78 is 5.06. The molecular weight excluding hydrogens is 186 g/mol. The van der Waals surface area contributed by atoms with Gasteiger partial charge in [0, 0.05) is 5.69 Å². The lowest BCUT2D eigenvalue weighted by atomic mass is 10.1. The van der Waals surface area contributed by atoms with Crippen LogP contribution in [0.5, 0.6) is 5.75 Å². The van der Waals surface area contributed by atoms with Gasteiger partial charge in [-0.2, -0.15) is 0 Å². The van der Waals surface area contributed by atoms with Crippen molar-refractivity contribution in [2.75, 3.05) is 7.11 Å². The van der Waals surface area contributed by atoms with Crippen molar-refractivity contribution in [1.29, 1.82) is 0 Å². The standard InChI is InChI=1S/C13H21NO/c1-3-4-5-6-7-8-12-9-10-13(15-2)11-14-12/h9-11H,3-8H2,1-2H3. The second-order valence-corrected chi connectivity index (χ2v) is 3.85. The van der Waals surface area contributed by atoms with Crippen molar-refractivity contribution in [3.05, 3.63) is 24.0 Å². The zero-order valence-corrected chi connectivity index (χ0v) is 9.83. The Hall–Kier alpha value is -1.05. The molecule has 1 heterocycles. The summed E-state index contributed by atoms with van der Waals surface area (Å²) in [6.07, 6.45) is 9.47. The van der Waals surface area contributed by atoms with Gasteiger partial charge in [-0.05, 0) is 25.0 Å². The molecule has 1 aromatic rings. The van der Waals surface area contributed by atoms with Gasteiger partial charge in [-0.1, -0.05) is 32.6 Å². The van der Waals surface area contributed by atoms with Crippen molar-refractivity contribution < 1.29 is 4.74 Å². The molecule has 0 aliphatic heterocycles. The van der Waals surface area contributed by atoms with E-state index >= 15 is 0 Å². The van der Waals surface area contributed by atoms with Gasteiger partial charge in [0.15, 0.2) is 0 Å². The van der Waals surface area contributed by atoms with E-state index in [9.17, 15) is 0 Å². The Morgan fingerprint density at radius 2 is 1.93 bits per heavy atom. The number of nitrogens with zero attached hydrogens (tertiary/aromatic N) is 1. The van der Waals surface area contributed by atoms with Crippen molar-refractivity contribution in [2.24, 2.45) is 0 Å². The van der Waals surface area contributed by atoms with Gasteiger partial charge in [0.1, 0.15) is 5.75 Å². The molecule has 0 aliphatic carbocycles. The number of hydrogen-bond acceptors (Lipinski definition) is 2. The van der Waals surface area contributed by atoms with Crippen molar-refractivity contribution in [3.8, 4) is 5.75 Å². The maximum atomic E-state index is 5.06. The predicted molar refractivity (Wildman–Crippen MR) is 63.3 cm³/mol. The zero-order valence-electron chi connectivity index (χ0n) is 9.83. The smallest absolute Gasteiger partial charge is 0.137 e. The van der Waals surface area contributed by atoms with E-state index in [1.807, 2.05) is 6.07 Å². The highest BCUT2D eigenvalue weighted by molar-refractivity contribution is 5.19. The fourth-order valence-corrected chi connectivity index (χ4v) is 1.59. The normalized spacial score (nSPS) is 10.3. The molecule has 0 fully saturated rings. The molecule has 0 N–H and O–H groups in total. The van der Waals surface area contributed by atoms with Gasteiger partial charge in [-0.15, -0.1) is 0 Å². The molecule has 0 spiro atoms. The fourth-order valence-electron chi connectivity index (χ4n) is 1.59. The van der Waals surface area contributed by atoms with Crippen LogP contribution in [-0.4, -0.2) is 12.1 Å². The quantitative estimate of drug-likeness (QED) is 0.637. The van der Waals surface area contributed by atoms with Crippen LogP contribution in [0.1, 0.15) is 44.7 Å². The molecule has 84 valence electrons. The Morgan fingerprint density at radius 1 is 1.13 bits per heavy atom. The van der Waals surface area contributed by atoms with Gasteiger partial charge in [0.2, 0.25) is 0 Å². The van der Waals surface area contributed by atoms with E-state index in [0.29, 0.717) is 0 Å². The van der Waals surface area contributed by atoms with E-state index in [1.165, 1.54) is 37.8 Å². The van der Waals surface area contributed by atoms with Gasteiger partial charge < -0.3 is 4.74 Å². The highest BCUT2D eigenvalue weighted by Crippen LogP contribution is 2.11. The lowest BCUT2D eigenvalue weighted by molar-refractivity contribution is 0.412. The van der Waals surface area contributed by atoms with E-state index in [-0.39, 0.29) is 0 Å². The Balaban J connectivity index is 2.20. The average molecular weight is 207 g/mol. The minimum Gasteiger partial charge on any atom is -0.495 e. The lowest BCUT2D eigenvalue weighted by Gasteiger charge is -2.02. The SMILES string of the molecule is CCCCCCCc1ccc(OC)cn1. The Labute approximate surface area is 92.7 Å². The van der Waals surface area contributed by atoms with Crippen LogP contribution in [0.4, 0.5) is 0 Å². The Morgan fingerprint density at radius 3 is 2.53 bits per heavy atom. The van der Waals surface area contributed by atoms with Gasteiger partial charge in [-0.3, -0.25) is 4.98 Å². The number of ether oxygens (including phenoxy) is 1. The molecule has 0 aliphatic rings. The van der Waals surface area contributed by atoms with Gasteiger partial charge in [0.05, 0.1) is 13.3 Å². The molecule has 0 bridgehead atoms. The van der Waals surface area contributed by atoms with Crippen LogP contribution in [-0.2, 0) is 6.42 Å². The summed E-state index contributed by atoms with van der Waals surface area (Å²) in [6.45, 7) is 2.24. The van der Waals surface area contributed by atoms with Crippen LogP contribution in [0.25, 0.3) is 0 Å². The third-order valence-corrected chi connectivity index (χ3v) is 2.57. The number of pyridine rings is 1. The predicted octanol–water partition coefficient (Wildman–Crippen LogP) is 3.60. The van der Waals surface area contributed by atoms with Gasteiger partial charge in [-0.25, -0.2) is 0 Å². The molecule has 2 nitrogen and oxygen atoms in total. The summed E-state index contributed by atoms with van der Waals surface area (Å²) >= 11 is 0. The van der Waals surface area contributed by atoms with Gasteiger partial charge >= 0.3 is 0 Å². The summed E-state index contributed by atoms with van der Waals surface area (Å²) in [5, 5.41) is 0. The number of hydrogen-bond donors (Lipinski definition) is 0. The molecule has 0 unspecified atom stereocenters. The van der Waals surface area contributed by atoms with Crippen LogP contribution in [0.2, 0.25) is 0 Å². The summed E-state index contributed by atoms with van der Waals surface area (Å²) in [5.74, 6) is 0.838. The number of aryl methyl sites for hydroxylation is 1. The van der Waals surface area contributed by atoms with Gasteiger partial charge in [0.25, 0.3) is 0 Å². The van der Waals surface area contributed by atoms with Crippen molar-refractivity contribution in [3.63, 3.8) is 0 Å². The summed E-state index contributed by atoms with van der Waals surface area (Å²) in [6, 6.07) is 4.03. The zero-order chi connectivity index (χ0) is 10.9. The molecule has 1 rings (SSSR count). The van der Waals surface area contributed by atoms with Crippen LogP contribution in [0.3, 0.4) is 0 Å². The van der Waals surface area contributed by atoms with Crippen LogP contribution in [0, 0.1) is 0 Å². The molecule has 0 atom stereocenters. The van der Waals surface area contributed by atoms with Crippen molar-refractivity contribution in [2.45, 2.75) is 45.4 Å². The largest absolute Gasteiger partial charge is 0.495 e. The first kappa shape index (κ1) is 12.0. The minimum atomic E-state index is 0.838. The number of methoxy groups -OCH3 is 1. The molecule has 0 radical (unpaired) electrons. The van der Waals surface area contributed by atoms with E-state index in [4.69, 9.17) is 4.74 Å². The molecule has 15 heavy (non-hydrogen) atoms. The van der Waals surface area contributed by atoms with Crippen molar-refractivity contribution >= 4 is 0 Å². The minimum absolute atomic E-state index is 0.838. The highest BCUT2D eigenvalue weighted by atomic mass is 16.5. The van der Waals surface area contributed by atoms with E-state index < -0.39 is 0 Å². The van der Waals surface area contributed by atoms with Crippen molar-refractivity contribution in [1.82, 2.24) is 4.98 Å². The van der Waals surface area contributed by atoms with E-state index in [2.05, 4.69) is 18.0 Å². The fraction of sp³-hybridized carbons (Fsp3) is 0.615. The van der Waals surface area contributed by atoms with Crippen LogP contribution < -0.4 is 4.74 Å². The molecule has 0 saturated heterocycles. The molecule has 0 saturated carbocycles. The molecule has 0 aromatic carbocycles. The number of unbranched alkanes of at least 4 members (excludes halogenated alkanes) is 4. The molecule has 1 aromatic heterocycles. The first-order chi connectivity index (χ1) is 7.36. The van der Waals surface area contributed by atoms with E-state index in [1.54, 1.807) is 13.3 Å².